The summed E-state index contributed by atoms with van der Waals surface area (Å²) in [6, 6.07) is 18.9. The van der Waals surface area contributed by atoms with Gasteiger partial charge in [-0.05, 0) is 46.5 Å². The first kappa shape index (κ1) is 17.6. The van der Waals surface area contributed by atoms with Crippen LogP contribution in [0.2, 0.25) is 0 Å². The van der Waals surface area contributed by atoms with Crippen molar-refractivity contribution in [1.82, 2.24) is 0 Å². The van der Waals surface area contributed by atoms with E-state index >= 15 is 0 Å². The molecule has 0 aliphatic heterocycles. The van der Waals surface area contributed by atoms with Crippen LogP contribution in [0.5, 0.6) is 0 Å². The highest BCUT2D eigenvalue weighted by Crippen LogP contribution is 2.28. The van der Waals surface area contributed by atoms with E-state index in [0.29, 0.717) is 0 Å². The quantitative estimate of drug-likeness (QED) is 0.692. The monoisotopic (exact) mass is 315 g/mol. The van der Waals surface area contributed by atoms with Gasteiger partial charge in [-0.2, -0.15) is 0 Å². The van der Waals surface area contributed by atoms with Gasteiger partial charge < -0.3 is 5.32 Å². The standard InChI is InChI=1S/C21H19N.C2H6/c1-4-7-17-14-18(12-10-15(17)2)22-21-13-11-16(3)19-8-5-6-9-20(19)21;1-2/h4-14,22H,1-2H2,3H3;1-2H3/b17-7-;. The fraction of sp³-hybridized carbons (Fsp3) is 0.130. The minimum Gasteiger partial charge on any atom is -0.355 e. The van der Waals surface area contributed by atoms with E-state index in [-0.39, 0.29) is 0 Å². The molecule has 0 fully saturated rings. The van der Waals surface area contributed by atoms with Crippen LogP contribution >= 0.6 is 0 Å². The molecule has 0 aliphatic rings. The number of nitrogens with one attached hydrogen (secondary N) is 1. The van der Waals surface area contributed by atoms with Crippen LogP contribution in [-0.4, -0.2) is 0 Å². The van der Waals surface area contributed by atoms with Crippen LogP contribution in [-0.2, 0) is 0 Å². The summed E-state index contributed by atoms with van der Waals surface area (Å²) in [7, 11) is 0. The van der Waals surface area contributed by atoms with E-state index in [4.69, 9.17) is 0 Å². The first-order chi connectivity index (χ1) is 11.7. The molecule has 0 bridgehead atoms. The van der Waals surface area contributed by atoms with E-state index in [1.165, 1.54) is 16.3 Å². The lowest BCUT2D eigenvalue weighted by atomic mass is 10.0. The number of fused-ring (bicyclic) bond motifs is 1. The molecule has 1 N–H and O–H groups in total. The maximum absolute atomic E-state index is 4.04. The van der Waals surface area contributed by atoms with Crippen molar-refractivity contribution >= 4 is 34.8 Å². The zero-order valence-electron chi connectivity index (χ0n) is 14.8. The largest absolute Gasteiger partial charge is 0.355 e. The SMILES string of the molecule is C=C/C=c1/cc(Nc2ccc(C)c3ccccc23)ccc1=C.CC. The van der Waals surface area contributed by atoms with Crippen molar-refractivity contribution in [2.24, 2.45) is 0 Å². The lowest BCUT2D eigenvalue weighted by Crippen LogP contribution is -2.22. The van der Waals surface area contributed by atoms with Gasteiger partial charge in [-0.25, -0.2) is 0 Å². The molecule has 0 aliphatic carbocycles. The molecule has 0 saturated heterocycles. The Balaban J connectivity index is 0.00000100. The molecular weight excluding hydrogens is 290 g/mol. The van der Waals surface area contributed by atoms with Crippen LogP contribution in [0.1, 0.15) is 19.4 Å². The van der Waals surface area contributed by atoms with Crippen molar-refractivity contribution in [2.45, 2.75) is 20.8 Å². The highest BCUT2D eigenvalue weighted by Gasteiger charge is 2.03. The molecule has 3 rings (SSSR count). The molecular formula is C23H25N. The first-order valence-corrected chi connectivity index (χ1v) is 8.36. The van der Waals surface area contributed by atoms with E-state index in [9.17, 15) is 0 Å². The highest BCUT2D eigenvalue weighted by molar-refractivity contribution is 5.97. The minimum atomic E-state index is 0.999. The van der Waals surface area contributed by atoms with E-state index in [1.54, 1.807) is 6.08 Å². The second-order valence-corrected chi connectivity index (χ2v) is 5.42. The van der Waals surface area contributed by atoms with Crippen molar-refractivity contribution < 1.29 is 0 Å². The maximum Gasteiger partial charge on any atom is 0.0464 e. The summed E-state index contributed by atoms with van der Waals surface area (Å²) in [5.41, 5.74) is 3.45. The second-order valence-electron chi connectivity index (χ2n) is 5.42. The number of anilines is 2. The predicted molar refractivity (Wildman–Crippen MR) is 109 cm³/mol. The molecule has 0 amide bonds. The van der Waals surface area contributed by atoms with Crippen LogP contribution < -0.4 is 15.8 Å². The Morgan fingerprint density at radius 2 is 1.62 bits per heavy atom. The van der Waals surface area contributed by atoms with Gasteiger partial charge in [0.2, 0.25) is 0 Å². The average molecular weight is 315 g/mol. The van der Waals surface area contributed by atoms with E-state index in [2.05, 4.69) is 73.9 Å². The Kier molecular flexibility index (Phi) is 5.97. The first-order valence-electron chi connectivity index (χ1n) is 8.36. The fourth-order valence-corrected chi connectivity index (χ4v) is 2.67. The van der Waals surface area contributed by atoms with Gasteiger partial charge >= 0.3 is 0 Å². The summed E-state index contributed by atoms with van der Waals surface area (Å²) >= 11 is 0. The van der Waals surface area contributed by atoms with Crippen LogP contribution in [0.3, 0.4) is 0 Å². The molecule has 0 unspecified atom stereocenters. The molecule has 0 atom stereocenters. The average Bonchev–Trinajstić information content (AvgIpc) is 2.62. The summed E-state index contributed by atoms with van der Waals surface area (Å²) in [6.07, 6.45) is 3.76. The van der Waals surface area contributed by atoms with Crippen molar-refractivity contribution in [3.05, 3.63) is 83.3 Å². The molecule has 0 spiro atoms. The van der Waals surface area contributed by atoms with Gasteiger partial charge in [-0.3, -0.25) is 0 Å². The van der Waals surface area contributed by atoms with Crippen LogP contribution in [0.15, 0.2) is 67.3 Å². The van der Waals surface area contributed by atoms with Crippen molar-refractivity contribution in [2.75, 3.05) is 5.32 Å². The summed E-state index contributed by atoms with van der Waals surface area (Å²) < 4.78 is 0. The highest BCUT2D eigenvalue weighted by atomic mass is 14.9. The number of aryl methyl sites for hydroxylation is 1. The minimum absolute atomic E-state index is 0.999. The molecule has 0 heterocycles. The summed E-state index contributed by atoms with van der Waals surface area (Å²) in [5, 5.41) is 8.11. The number of benzene rings is 3. The molecule has 3 aromatic carbocycles. The molecule has 0 aromatic heterocycles. The number of hydrogen-bond donors (Lipinski definition) is 1. The Morgan fingerprint density at radius 1 is 0.917 bits per heavy atom. The van der Waals surface area contributed by atoms with Crippen molar-refractivity contribution in [3.63, 3.8) is 0 Å². The summed E-state index contributed by atoms with van der Waals surface area (Å²) in [5.74, 6) is 0. The zero-order valence-corrected chi connectivity index (χ0v) is 14.8. The van der Waals surface area contributed by atoms with Gasteiger partial charge in [-0.1, -0.05) is 75.6 Å². The Labute approximate surface area is 144 Å². The van der Waals surface area contributed by atoms with Gasteiger partial charge in [0.25, 0.3) is 0 Å². The predicted octanol–water partition coefficient (Wildman–Crippen LogP) is 5.29. The summed E-state index contributed by atoms with van der Waals surface area (Å²) in [4.78, 5) is 0. The normalized spacial score (nSPS) is 10.9. The van der Waals surface area contributed by atoms with Crippen LogP contribution in [0.4, 0.5) is 11.4 Å². The van der Waals surface area contributed by atoms with Gasteiger partial charge in [-0.15, -0.1) is 0 Å². The Morgan fingerprint density at radius 3 is 2.33 bits per heavy atom. The zero-order chi connectivity index (χ0) is 17.5. The smallest absolute Gasteiger partial charge is 0.0464 e. The summed E-state index contributed by atoms with van der Waals surface area (Å²) in [6.45, 7) is 13.9. The van der Waals surface area contributed by atoms with Gasteiger partial charge in [0.05, 0.1) is 0 Å². The van der Waals surface area contributed by atoms with Gasteiger partial charge in [0.1, 0.15) is 0 Å². The van der Waals surface area contributed by atoms with E-state index in [0.717, 1.165) is 21.8 Å². The van der Waals surface area contributed by atoms with E-state index in [1.807, 2.05) is 26.0 Å². The number of hydrogen-bond acceptors (Lipinski definition) is 1. The Hall–Kier alpha value is -2.80. The Bertz CT molecular complexity index is 951. The molecule has 3 aromatic rings. The number of rotatable bonds is 3. The van der Waals surface area contributed by atoms with Crippen molar-refractivity contribution in [3.8, 4) is 0 Å². The molecule has 0 saturated carbocycles. The number of allylic oxidation sites excluding steroid dienone is 1. The van der Waals surface area contributed by atoms with Crippen molar-refractivity contribution in [1.29, 1.82) is 0 Å². The maximum atomic E-state index is 4.04. The van der Waals surface area contributed by atoms with Gasteiger partial charge in [0, 0.05) is 16.8 Å². The molecule has 1 nitrogen and oxygen atoms in total. The molecule has 0 radical (unpaired) electrons. The molecule has 1 heteroatoms. The lowest BCUT2D eigenvalue weighted by molar-refractivity contribution is 1.48. The topological polar surface area (TPSA) is 12.0 Å². The third-order valence-electron chi connectivity index (χ3n) is 3.86. The molecule has 122 valence electrons. The van der Waals surface area contributed by atoms with Gasteiger partial charge in [0.15, 0.2) is 0 Å². The third kappa shape index (κ3) is 3.75. The molecule has 24 heavy (non-hydrogen) atoms. The second kappa shape index (κ2) is 8.16. The third-order valence-corrected chi connectivity index (χ3v) is 3.86. The van der Waals surface area contributed by atoms with E-state index < -0.39 is 0 Å². The fourth-order valence-electron chi connectivity index (χ4n) is 2.67. The van der Waals surface area contributed by atoms with Crippen LogP contribution in [0, 0.1) is 6.92 Å². The van der Waals surface area contributed by atoms with Crippen LogP contribution in [0.25, 0.3) is 23.4 Å². The lowest BCUT2D eigenvalue weighted by Gasteiger charge is -2.11.